The molecule has 0 aromatic heterocycles. The molecule has 0 saturated heterocycles. The zero-order valence-corrected chi connectivity index (χ0v) is 12.5. The zero-order valence-electron chi connectivity index (χ0n) is 12.5. The fourth-order valence-corrected chi connectivity index (χ4v) is 2.31. The Morgan fingerprint density at radius 2 is 1.26 bits per heavy atom. The third kappa shape index (κ3) is 3.98. The first-order valence-electron chi connectivity index (χ1n) is 7.35. The maximum absolute atomic E-state index is 10.8. The molecule has 0 radical (unpaired) electrons. The van der Waals surface area contributed by atoms with E-state index in [-0.39, 0.29) is 5.56 Å². The first kappa shape index (κ1) is 14.9. The Bertz CT molecular complexity index is 775. The number of ether oxygens (including phenoxy) is 1. The summed E-state index contributed by atoms with van der Waals surface area (Å²) in [7, 11) is 0. The van der Waals surface area contributed by atoms with Gasteiger partial charge in [-0.15, -0.1) is 0 Å². The van der Waals surface area contributed by atoms with Gasteiger partial charge in [-0.2, -0.15) is 0 Å². The van der Waals surface area contributed by atoms with Crippen molar-refractivity contribution in [3.8, 4) is 11.5 Å². The highest BCUT2D eigenvalue weighted by molar-refractivity contribution is 5.87. The van der Waals surface area contributed by atoms with Crippen LogP contribution in [0.15, 0.2) is 78.9 Å². The molecule has 0 aliphatic heterocycles. The summed E-state index contributed by atoms with van der Waals surface area (Å²) in [5.41, 5.74) is 2.73. The highest BCUT2D eigenvalue weighted by Gasteiger charge is 2.03. The van der Waals surface area contributed by atoms with E-state index in [0.717, 1.165) is 12.2 Å². The molecule has 0 atom stereocenters. The highest BCUT2D eigenvalue weighted by atomic mass is 16.5. The monoisotopic (exact) mass is 304 g/mol. The molecule has 114 valence electrons. The molecule has 3 aromatic carbocycles. The van der Waals surface area contributed by atoms with E-state index >= 15 is 0 Å². The number of benzene rings is 3. The Labute approximate surface area is 134 Å². The van der Waals surface area contributed by atoms with Crippen LogP contribution < -0.4 is 4.74 Å². The van der Waals surface area contributed by atoms with Crippen LogP contribution in [0.1, 0.15) is 21.5 Å². The van der Waals surface area contributed by atoms with E-state index < -0.39 is 5.97 Å². The lowest BCUT2D eigenvalue weighted by Gasteiger charge is -2.07. The number of rotatable bonds is 5. The minimum Gasteiger partial charge on any atom is -0.478 e. The number of hydrogen-bond acceptors (Lipinski definition) is 2. The van der Waals surface area contributed by atoms with Crippen LogP contribution in [0.25, 0.3) is 0 Å². The van der Waals surface area contributed by atoms with Crippen molar-refractivity contribution in [2.75, 3.05) is 0 Å². The number of carbonyl (C=O) groups is 1. The molecule has 0 bridgehead atoms. The van der Waals surface area contributed by atoms with Crippen molar-refractivity contribution >= 4 is 5.97 Å². The Kier molecular flexibility index (Phi) is 4.39. The summed E-state index contributed by atoms with van der Waals surface area (Å²) in [5, 5.41) is 8.88. The molecule has 3 nitrogen and oxygen atoms in total. The molecule has 3 aromatic rings. The van der Waals surface area contributed by atoms with E-state index in [9.17, 15) is 4.79 Å². The molecular weight excluding hydrogens is 288 g/mol. The number of carboxylic acid groups (broad SMARTS) is 1. The third-order valence-electron chi connectivity index (χ3n) is 3.51. The molecule has 0 aliphatic carbocycles. The smallest absolute Gasteiger partial charge is 0.335 e. The minimum absolute atomic E-state index is 0.246. The first-order valence-corrected chi connectivity index (χ1v) is 7.35. The lowest BCUT2D eigenvalue weighted by atomic mass is 10.1. The molecular formula is C20H16O3. The van der Waals surface area contributed by atoms with Crippen LogP contribution in [0.4, 0.5) is 0 Å². The van der Waals surface area contributed by atoms with Crippen molar-refractivity contribution in [2.45, 2.75) is 6.42 Å². The second-order valence-corrected chi connectivity index (χ2v) is 5.24. The van der Waals surface area contributed by atoms with Gasteiger partial charge in [-0.3, -0.25) is 0 Å². The summed E-state index contributed by atoms with van der Waals surface area (Å²) in [6, 6.07) is 24.6. The lowest BCUT2D eigenvalue weighted by molar-refractivity contribution is 0.0697. The van der Waals surface area contributed by atoms with Gasteiger partial charge in [-0.25, -0.2) is 4.79 Å². The summed E-state index contributed by atoms with van der Waals surface area (Å²) in [6.07, 6.45) is 0.883. The SMILES string of the molecule is O=C(O)c1ccc(Oc2ccc(Cc3ccccc3)cc2)cc1. The summed E-state index contributed by atoms with van der Waals surface area (Å²) in [5.74, 6) is 0.400. The average Bonchev–Trinajstić information content (AvgIpc) is 2.58. The van der Waals surface area contributed by atoms with E-state index in [2.05, 4.69) is 12.1 Å². The van der Waals surface area contributed by atoms with Gasteiger partial charge in [0.25, 0.3) is 0 Å². The summed E-state index contributed by atoms with van der Waals surface area (Å²) < 4.78 is 5.73. The van der Waals surface area contributed by atoms with Crippen LogP contribution in [0, 0.1) is 0 Å². The van der Waals surface area contributed by atoms with Crippen LogP contribution in [-0.2, 0) is 6.42 Å². The second kappa shape index (κ2) is 6.79. The van der Waals surface area contributed by atoms with Crippen molar-refractivity contribution < 1.29 is 14.6 Å². The lowest BCUT2D eigenvalue weighted by Crippen LogP contribution is -1.95. The Hall–Kier alpha value is -3.07. The van der Waals surface area contributed by atoms with Gasteiger partial charge >= 0.3 is 5.97 Å². The highest BCUT2D eigenvalue weighted by Crippen LogP contribution is 2.22. The van der Waals surface area contributed by atoms with E-state index in [1.165, 1.54) is 23.3 Å². The van der Waals surface area contributed by atoms with Gasteiger partial charge in [-0.1, -0.05) is 42.5 Å². The predicted octanol–water partition coefficient (Wildman–Crippen LogP) is 4.77. The third-order valence-corrected chi connectivity index (χ3v) is 3.51. The zero-order chi connectivity index (χ0) is 16.1. The first-order chi connectivity index (χ1) is 11.2. The van der Waals surface area contributed by atoms with Crippen molar-refractivity contribution in [1.82, 2.24) is 0 Å². The average molecular weight is 304 g/mol. The largest absolute Gasteiger partial charge is 0.478 e. The number of carboxylic acids is 1. The molecule has 0 amide bonds. The minimum atomic E-state index is -0.943. The van der Waals surface area contributed by atoms with Crippen LogP contribution >= 0.6 is 0 Å². The van der Waals surface area contributed by atoms with Gasteiger partial charge in [0.1, 0.15) is 11.5 Å². The molecule has 0 unspecified atom stereocenters. The van der Waals surface area contributed by atoms with Gasteiger partial charge in [0.15, 0.2) is 0 Å². The quantitative estimate of drug-likeness (QED) is 0.738. The van der Waals surface area contributed by atoms with Gasteiger partial charge < -0.3 is 9.84 Å². The molecule has 0 fully saturated rings. The number of hydrogen-bond donors (Lipinski definition) is 1. The fourth-order valence-electron chi connectivity index (χ4n) is 2.31. The number of aromatic carboxylic acids is 1. The molecule has 1 N–H and O–H groups in total. The second-order valence-electron chi connectivity index (χ2n) is 5.24. The molecule has 3 rings (SSSR count). The van der Waals surface area contributed by atoms with Crippen molar-refractivity contribution in [3.63, 3.8) is 0 Å². The van der Waals surface area contributed by atoms with Gasteiger partial charge in [0, 0.05) is 0 Å². The van der Waals surface area contributed by atoms with E-state index in [4.69, 9.17) is 9.84 Å². The predicted molar refractivity (Wildman–Crippen MR) is 89.2 cm³/mol. The van der Waals surface area contributed by atoms with Crippen LogP contribution in [0.5, 0.6) is 11.5 Å². The molecule has 23 heavy (non-hydrogen) atoms. The van der Waals surface area contributed by atoms with Crippen LogP contribution in [0.3, 0.4) is 0 Å². The van der Waals surface area contributed by atoms with Crippen molar-refractivity contribution in [2.24, 2.45) is 0 Å². The van der Waals surface area contributed by atoms with Crippen molar-refractivity contribution in [1.29, 1.82) is 0 Å². The summed E-state index contributed by atoms with van der Waals surface area (Å²) >= 11 is 0. The van der Waals surface area contributed by atoms with Gasteiger partial charge in [0.2, 0.25) is 0 Å². The Balaban J connectivity index is 1.66. The van der Waals surface area contributed by atoms with E-state index in [1.54, 1.807) is 12.1 Å². The van der Waals surface area contributed by atoms with Gasteiger partial charge in [0.05, 0.1) is 5.56 Å². The molecule has 0 aliphatic rings. The summed E-state index contributed by atoms with van der Waals surface area (Å²) in [4.78, 5) is 10.8. The Morgan fingerprint density at radius 3 is 1.83 bits per heavy atom. The molecule has 0 spiro atoms. The topological polar surface area (TPSA) is 46.5 Å². The van der Waals surface area contributed by atoms with Crippen LogP contribution in [0.2, 0.25) is 0 Å². The van der Waals surface area contributed by atoms with Crippen molar-refractivity contribution in [3.05, 3.63) is 95.6 Å². The van der Waals surface area contributed by atoms with E-state index in [0.29, 0.717) is 5.75 Å². The maximum Gasteiger partial charge on any atom is 0.335 e. The summed E-state index contributed by atoms with van der Waals surface area (Å²) in [6.45, 7) is 0. The van der Waals surface area contributed by atoms with E-state index in [1.807, 2.05) is 42.5 Å². The molecule has 0 saturated carbocycles. The molecule has 0 heterocycles. The van der Waals surface area contributed by atoms with Gasteiger partial charge in [-0.05, 0) is 53.9 Å². The standard InChI is InChI=1S/C20H16O3/c21-20(22)17-8-12-19(13-9-17)23-18-10-6-16(7-11-18)14-15-4-2-1-3-5-15/h1-13H,14H2,(H,21,22). The molecule has 3 heteroatoms. The Morgan fingerprint density at radius 1 is 0.739 bits per heavy atom. The van der Waals surface area contributed by atoms with Crippen LogP contribution in [-0.4, -0.2) is 11.1 Å². The maximum atomic E-state index is 10.8. The normalized spacial score (nSPS) is 10.3. The fraction of sp³-hybridized carbons (Fsp3) is 0.0500.